The largest absolute Gasteiger partial charge is 0.287 e. The standard InChI is InChI=1S/C21H16F2N10O3S/c1-2-5-37(35,36)31-17-14(22)4-3-12(15(17)23)18(34)16-13-6-10(7-24-19(13)28-27-16)11-8-25-20(26-9-11)21-29-32-33-30-21/h3-4,6-9,31H,2,5H2,1H3,(H,24,27,28)(H,29,30,32,33). The van der Waals surface area contributed by atoms with Gasteiger partial charge in [-0.1, -0.05) is 6.92 Å². The molecule has 13 nitrogen and oxygen atoms in total. The number of hydrogen-bond donors (Lipinski definition) is 3. The Kier molecular flexibility index (Phi) is 6.08. The van der Waals surface area contributed by atoms with E-state index >= 15 is 4.39 Å². The van der Waals surface area contributed by atoms with Crippen LogP contribution >= 0.6 is 0 Å². The van der Waals surface area contributed by atoms with E-state index in [-0.39, 0.29) is 40.5 Å². The molecule has 0 aliphatic rings. The first-order chi connectivity index (χ1) is 17.8. The molecule has 37 heavy (non-hydrogen) atoms. The second-order valence-corrected chi connectivity index (χ2v) is 9.61. The summed E-state index contributed by atoms with van der Waals surface area (Å²) in [6, 6.07) is 3.31. The van der Waals surface area contributed by atoms with E-state index < -0.39 is 38.7 Å². The Labute approximate surface area is 206 Å². The molecule has 16 heteroatoms. The van der Waals surface area contributed by atoms with E-state index in [4.69, 9.17) is 0 Å². The highest BCUT2D eigenvalue weighted by Crippen LogP contribution is 2.28. The van der Waals surface area contributed by atoms with Gasteiger partial charge in [-0.25, -0.2) is 37.2 Å². The number of halogens is 2. The predicted octanol–water partition coefficient (Wildman–Crippen LogP) is 2.26. The van der Waals surface area contributed by atoms with Gasteiger partial charge in [-0.15, -0.1) is 5.10 Å². The van der Waals surface area contributed by atoms with Gasteiger partial charge < -0.3 is 0 Å². The van der Waals surface area contributed by atoms with Gasteiger partial charge in [0.25, 0.3) is 0 Å². The van der Waals surface area contributed by atoms with E-state index in [1.807, 2.05) is 4.72 Å². The molecule has 5 aromatic rings. The molecular weight excluding hydrogens is 510 g/mol. The number of nitrogens with one attached hydrogen (secondary N) is 3. The van der Waals surface area contributed by atoms with Gasteiger partial charge in [0.2, 0.25) is 21.6 Å². The Morgan fingerprint density at radius 1 is 1.05 bits per heavy atom. The predicted molar refractivity (Wildman–Crippen MR) is 126 cm³/mol. The minimum atomic E-state index is -4.01. The lowest BCUT2D eigenvalue weighted by Gasteiger charge is -2.11. The fourth-order valence-corrected chi connectivity index (χ4v) is 4.65. The van der Waals surface area contributed by atoms with Crippen molar-refractivity contribution in [3.8, 4) is 22.8 Å². The molecule has 188 valence electrons. The molecule has 4 heterocycles. The van der Waals surface area contributed by atoms with Crippen molar-refractivity contribution in [3.63, 3.8) is 0 Å². The summed E-state index contributed by atoms with van der Waals surface area (Å²) >= 11 is 0. The fourth-order valence-electron chi connectivity index (χ4n) is 3.51. The summed E-state index contributed by atoms with van der Waals surface area (Å²) in [6.07, 6.45) is 4.74. The summed E-state index contributed by atoms with van der Waals surface area (Å²) in [5.41, 5.74) is -0.380. The van der Waals surface area contributed by atoms with Crippen molar-refractivity contribution in [2.24, 2.45) is 0 Å². The molecule has 0 aliphatic heterocycles. The zero-order valence-electron chi connectivity index (χ0n) is 18.9. The number of tetrazole rings is 1. The number of benzene rings is 1. The Morgan fingerprint density at radius 2 is 1.81 bits per heavy atom. The number of rotatable bonds is 8. The minimum Gasteiger partial charge on any atom is -0.287 e. The highest BCUT2D eigenvalue weighted by atomic mass is 32.2. The van der Waals surface area contributed by atoms with Crippen LogP contribution in [-0.2, 0) is 10.0 Å². The van der Waals surface area contributed by atoms with Gasteiger partial charge in [0.05, 0.1) is 16.7 Å². The van der Waals surface area contributed by atoms with Gasteiger partial charge in [0.1, 0.15) is 17.2 Å². The number of anilines is 1. The number of ketones is 1. The first kappa shape index (κ1) is 24.0. The molecule has 0 saturated heterocycles. The Bertz CT molecular complexity index is 1720. The van der Waals surface area contributed by atoms with Crippen molar-refractivity contribution in [1.29, 1.82) is 0 Å². The van der Waals surface area contributed by atoms with Gasteiger partial charge in [-0.2, -0.15) is 5.10 Å². The van der Waals surface area contributed by atoms with Crippen LogP contribution in [0.3, 0.4) is 0 Å². The summed E-state index contributed by atoms with van der Waals surface area (Å²) in [5.74, 6) is -3.21. The first-order valence-electron chi connectivity index (χ1n) is 10.7. The maximum atomic E-state index is 15.2. The molecule has 0 saturated carbocycles. The van der Waals surface area contributed by atoms with Crippen molar-refractivity contribution >= 4 is 32.5 Å². The number of nitrogens with zero attached hydrogens (tertiary/aromatic N) is 7. The Hall–Kier alpha value is -4.73. The second-order valence-electron chi connectivity index (χ2n) is 7.77. The molecule has 0 radical (unpaired) electrons. The van der Waals surface area contributed by atoms with Crippen LogP contribution in [0, 0.1) is 11.6 Å². The number of sulfonamides is 1. The average molecular weight is 526 g/mol. The van der Waals surface area contributed by atoms with Crippen LogP contribution in [0.5, 0.6) is 0 Å². The number of H-pyrrole nitrogens is 2. The summed E-state index contributed by atoms with van der Waals surface area (Å²) in [7, 11) is -4.01. The summed E-state index contributed by atoms with van der Waals surface area (Å²) < 4.78 is 55.5. The van der Waals surface area contributed by atoms with E-state index in [1.54, 1.807) is 13.0 Å². The van der Waals surface area contributed by atoms with E-state index in [0.717, 1.165) is 12.1 Å². The van der Waals surface area contributed by atoms with Crippen molar-refractivity contribution in [3.05, 3.63) is 59.7 Å². The van der Waals surface area contributed by atoms with E-state index in [2.05, 4.69) is 45.8 Å². The molecular formula is C21H16F2N10O3S. The van der Waals surface area contributed by atoms with E-state index in [9.17, 15) is 17.6 Å². The van der Waals surface area contributed by atoms with Crippen LogP contribution in [0.2, 0.25) is 0 Å². The molecule has 4 aromatic heterocycles. The maximum Gasteiger partial charge on any atom is 0.232 e. The monoisotopic (exact) mass is 526 g/mol. The lowest BCUT2D eigenvalue weighted by Crippen LogP contribution is -2.19. The highest BCUT2D eigenvalue weighted by molar-refractivity contribution is 7.92. The average Bonchev–Trinajstić information content (AvgIpc) is 3.56. The summed E-state index contributed by atoms with van der Waals surface area (Å²) in [5, 5.41) is 20.0. The van der Waals surface area contributed by atoms with Crippen molar-refractivity contribution in [1.82, 2.24) is 45.8 Å². The van der Waals surface area contributed by atoms with Crippen LogP contribution in [0.25, 0.3) is 33.8 Å². The summed E-state index contributed by atoms with van der Waals surface area (Å²) in [4.78, 5) is 25.9. The third kappa shape index (κ3) is 4.61. The van der Waals surface area contributed by atoms with Crippen LogP contribution in [0.1, 0.15) is 29.4 Å². The number of pyridine rings is 1. The number of carbonyl (C=O) groups excluding carboxylic acids is 1. The zero-order valence-corrected chi connectivity index (χ0v) is 19.7. The SMILES string of the molecule is CCCS(=O)(=O)Nc1c(F)ccc(C(=O)c2n[nH]c3ncc(-c4cnc(-c5nnn[nH]5)nc4)cc23)c1F. The molecule has 5 rings (SSSR count). The van der Waals surface area contributed by atoms with Gasteiger partial charge in [0.15, 0.2) is 17.3 Å². The van der Waals surface area contributed by atoms with Crippen molar-refractivity contribution < 1.29 is 22.0 Å². The minimum absolute atomic E-state index is 0.192. The number of fused-ring (bicyclic) bond motifs is 1. The van der Waals surface area contributed by atoms with Crippen LogP contribution in [0.4, 0.5) is 14.5 Å². The third-order valence-corrected chi connectivity index (χ3v) is 6.70. The van der Waals surface area contributed by atoms with Crippen LogP contribution in [0.15, 0.2) is 36.8 Å². The van der Waals surface area contributed by atoms with Gasteiger partial charge in [-0.3, -0.25) is 14.6 Å². The number of aromatic amines is 2. The maximum absolute atomic E-state index is 15.2. The van der Waals surface area contributed by atoms with Gasteiger partial charge in [0, 0.05) is 29.7 Å². The highest BCUT2D eigenvalue weighted by Gasteiger charge is 2.26. The lowest BCUT2D eigenvalue weighted by atomic mass is 10.0. The molecule has 0 amide bonds. The second kappa shape index (κ2) is 9.38. The first-order valence-corrected chi connectivity index (χ1v) is 12.4. The van der Waals surface area contributed by atoms with E-state index in [0.29, 0.717) is 11.1 Å². The van der Waals surface area contributed by atoms with Crippen LogP contribution < -0.4 is 4.72 Å². The molecule has 0 aliphatic carbocycles. The zero-order chi connectivity index (χ0) is 26.2. The molecule has 0 bridgehead atoms. The number of hydrogen-bond acceptors (Lipinski definition) is 10. The van der Waals surface area contributed by atoms with Crippen LogP contribution in [-0.4, -0.2) is 65.7 Å². The third-order valence-electron chi connectivity index (χ3n) is 5.24. The molecule has 0 fully saturated rings. The van der Waals surface area contributed by atoms with Crippen molar-refractivity contribution in [2.75, 3.05) is 10.5 Å². The topological polar surface area (TPSA) is 185 Å². The van der Waals surface area contributed by atoms with Gasteiger partial charge in [-0.05, 0) is 35.0 Å². The fraction of sp³-hybridized carbons (Fsp3) is 0.143. The number of carbonyl (C=O) groups is 1. The molecule has 1 aromatic carbocycles. The van der Waals surface area contributed by atoms with Gasteiger partial charge >= 0.3 is 0 Å². The molecule has 3 N–H and O–H groups in total. The molecule has 0 atom stereocenters. The normalized spacial score (nSPS) is 11.6. The Morgan fingerprint density at radius 3 is 2.51 bits per heavy atom. The van der Waals surface area contributed by atoms with E-state index in [1.165, 1.54) is 18.6 Å². The van der Waals surface area contributed by atoms with Crippen molar-refractivity contribution in [2.45, 2.75) is 13.3 Å². The Balaban J connectivity index is 1.51. The molecule has 0 unspecified atom stereocenters. The lowest BCUT2D eigenvalue weighted by molar-refractivity contribution is 0.103. The summed E-state index contributed by atoms with van der Waals surface area (Å²) in [6.45, 7) is 1.60. The smallest absolute Gasteiger partial charge is 0.232 e. The molecule has 0 spiro atoms. The quantitative estimate of drug-likeness (QED) is 0.253. The number of aromatic nitrogens is 9.